The Bertz CT molecular complexity index is 359. The highest BCUT2D eigenvalue weighted by Gasteiger charge is 2.31. The molecule has 1 heterocycles. The predicted octanol–water partition coefficient (Wildman–Crippen LogP) is 2.32. The molecule has 114 valence electrons. The van der Waals surface area contributed by atoms with E-state index in [0.29, 0.717) is 12.5 Å². The molecule has 3 atom stereocenters. The van der Waals surface area contributed by atoms with Crippen molar-refractivity contribution in [2.45, 2.75) is 45.4 Å². The number of urea groups is 1. The van der Waals surface area contributed by atoms with Crippen molar-refractivity contribution in [2.24, 2.45) is 17.8 Å². The third-order valence-corrected chi connectivity index (χ3v) is 4.69. The quantitative estimate of drug-likeness (QED) is 0.834. The summed E-state index contributed by atoms with van der Waals surface area (Å²) in [5.41, 5.74) is 0. The van der Waals surface area contributed by atoms with E-state index in [1.807, 2.05) is 4.90 Å². The Morgan fingerprint density at radius 3 is 2.65 bits per heavy atom. The SMILES string of the molecule is CC1CCCN(C(=O)NCC2CCCCC2C(=O)O)C1. The van der Waals surface area contributed by atoms with Gasteiger partial charge in [0.05, 0.1) is 5.92 Å². The van der Waals surface area contributed by atoms with Crippen LogP contribution in [0.15, 0.2) is 0 Å². The molecule has 2 rings (SSSR count). The van der Waals surface area contributed by atoms with Gasteiger partial charge < -0.3 is 15.3 Å². The van der Waals surface area contributed by atoms with Gasteiger partial charge in [-0.15, -0.1) is 0 Å². The van der Waals surface area contributed by atoms with Crippen LogP contribution in [0.25, 0.3) is 0 Å². The minimum Gasteiger partial charge on any atom is -0.481 e. The lowest BCUT2D eigenvalue weighted by molar-refractivity contribution is -0.144. The standard InChI is InChI=1S/C15H26N2O3/c1-11-5-4-8-17(10-11)15(20)16-9-12-6-2-3-7-13(12)14(18)19/h11-13H,2-10H2,1H3,(H,16,20)(H,18,19). The van der Waals surface area contributed by atoms with Crippen molar-refractivity contribution in [1.29, 1.82) is 0 Å². The lowest BCUT2D eigenvalue weighted by Crippen LogP contribution is -2.47. The van der Waals surface area contributed by atoms with Crippen LogP contribution in [-0.2, 0) is 4.79 Å². The van der Waals surface area contributed by atoms with E-state index < -0.39 is 5.97 Å². The zero-order chi connectivity index (χ0) is 14.5. The molecule has 0 aromatic heterocycles. The van der Waals surface area contributed by atoms with Crippen LogP contribution in [0.5, 0.6) is 0 Å². The van der Waals surface area contributed by atoms with Gasteiger partial charge in [0.15, 0.2) is 0 Å². The Morgan fingerprint density at radius 1 is 1.20 bits per heavy atom. The average Bonchev–Trinajstić information content (AvgIpc) is 2.45. The van der Waals surface area contributed by atoms with Gasteiger partial charge in [0.25, 0.3) is 0 Å². The van der Waals surface area contributed by atoms with Gasteiger partial charge in [-0.3, -0.25) is 4.79 Å². The third kappa shape index (κ3) is 3.87. The van der Waals surface area contributed by atoms with Crippen LogP contribution in [0.3, 0.4) is 0 Å². The number of carbonyl (C=O) groups excluding carboxylic acids is 1. The lowest BCUT2D eigenvalue weighted by Gasteiger charge is -2.33. The van der Waals surface area contributed by atoms with Gasteiger partial charge >= 0.3 is 12.0 Å². The van der Waals surface area contributed by atoms with Crippen LogP contribution < -0.4 is 5.32 Å². The summed E-state index contributed by atoms with van der Waals surface area (Å²) < 4.78 is 0. The summed E-state index contributed by atoms with van der Waals surface area (Å²) in [5.74, 6) is -0.344. The number of likely N-dealkylation sites (tertiary alicyclic amines) is 1. The van der Waals surface area contributed by atoms with Crippen LogP contribution in [0.1, 0.15) is 45.4 Å². The molecule has 0 aromatic carbocycles. The maximum atomic E-state index is 12.1. The zero-order valence-electron chi connectivity index (χ0n) is 12.3. The van der Waals surface area contributed by atoms with Crippen molar-refractivity contribution >= 4 is 12.0 Å². The molecule has 5 nitrogen and oxygen atoms in total. The van der Waals surface area contributed by atoms with Crippen molar-refractivity contribution in [3.63, 3.8) is 0 Å². The van der Waals surface area contributed by atoms with Gasteiger partial charge in [-0.05, 0) is 37.5 Å². The minimum absolute atomic E-state index is 0.0220. The number of carbonyl (C=O) groups is 2. The molecule has 5 heteroatoms. The first kappa shape index (κ1) is 15.1. The molecule has 1 saturated heterocycles. The van der Waals surface area contributed by atoms with E-state index in [9.17, 15) is 14.7 Å². The fourth-order valence-electron chi connectivity index (χ4n) is 3.48. The Kier molecular flexibility index (Phi) is 5.26. The zero-order valence-corrected chi connectivity index (χ0v) is 12.3. The highest BCUT2D eigenvalue weighted by Crippen LogP contribution is 2.29. The Morgan fingerprint density at radius 2 is 1.95 bits per heavy atom. The first-order valence-corrected chi connectivity index (χ1v) is 7.83. The molecular formula is C15H26N2O3. The number of piperidine rings is 1. The van der Waals surface area contributed by atoms with Gasteiger partial charge in [-0.2, -0.15) is 0 Å². The van der Waals surface area contributed by atoms with Gasteiger partial charge in [0.2, 0.25) is 0 Å². The second-order valence-corrected chi connectivity index (χ2v) is 6.37. The lowest BCUT2D eigenvalue weighted by atomic mass is 9.79. The summed E-state index contributed by atoms with van der Waals surface area (Å²) in [6, 6.07) is -0.0220. The Hall–Kier alpha value is -1.26. The van der Waals surface area contributed by atoms with Crippen LogP contribution in [0.2, 0.25) is 0 Å². The largest absolute Gasteiger partial charge is 0.481 e. The van der Waals surface area contributed by atoms with E-state index in [1.54, 1.807) is 0 Å². The number of aliphatic carboxylic acids is 1. The average molecular weight is 282 g/mol. The molecular weight excluding hydrogens is 256 g/mol. The maximum Gasteiger partial charge on any atom is 0.317 e. The van der Waals surface area contributed by atoms with Crippen molar-refractivity contribution in [3.8, 4) is 0 Å². The first-order valence-electron chi connectivity index (χ1n) is 7.83. The van der Waals surface area contributed by atoms with Crippen molar-refractivity contribution in [3.05, 3.63) is 0 Å². The number of rotatable bonds is 3. The monoisotopic (exact) mass is 282 g/mol. The van der Waals surface area contributed by atoms with Crippen molar-refractivity contribution in [1.82, 2.24) is 10.2 Å². The van der Waals surface area contributed by atoms with E-state index in [1.165, 1.54) is 6.42 Å². The number of hydrogen-bond acceptors (Lipinski definition) is 2. The minimum atomic E-state index is -0.712. The summed E-state index contributed by atoms with van der Waals surface area (Å²) in [6.45, 7) is 4.31. The Labute approximate surface area is 120 Å². The molecule has 1 aliphatic heterocycles. The first-order chi connectivity index (χ1) is 9.58. The summed E-state index contributed by atoms with van der Waals surface area (Å²) >= 11 is 0. The number of nitrogens with zero attached hydrogens (tertiary/aromatic N) is 1. The van der Waals surface area contributed by atoms with Crippen LogP contribution in [-0.4, -0.2) is 41.6 Å². The fourth-order valence-corrected chi connectivity index (χ4v) is 3.48. The van der Waals surface area contributed by atoms with E-state index in [4.69, 9.17) is 0 Å². The smallest absolute Gasteiger partial charge is 0.317 e. The summed E-state index contributed by atoms with van der Waals surface area (Å²) in [4.78, 5) is 25.2. The fraction of sp³-hybridized carbons (Fsp3) is 0.867. The van der Waals surface area contributed by atoms with Gasteiger partial charge in [0, 0.05) is 19.6 Å². The van der Waals surface area contributed by atoms with Gasteiger partial charge in [-0.25, -0.2) is 4.79 Å². The normalized spacial score (nSPS) is 30.9. The number of amides is 2. The molecule has 2 N–H and O–H groups in total. The van der Waals surface area contributed by atoms with Crippen LogP contribution in [0, 0.1) is 17.8 Å². The van der Waals surface area contributed by atoms with Crippen LogP contribution in [0.4, 0.5) is 4.79 Å². The Balaban J connectivity index is 1.81. The molecule has 1 saturated carbocycles. The molecule has 1 aliphatic carbocycles. The molecule has 0 radical (unpaired) electrons. The van der Waals surface area contributed by atoms with E-state index in [2.05, 4.69) is 12.2 Å². The molecule has 2 fully saturated rings. The molecule has 0 bridgehead atoms. The molecule has 20 heavy (non-hydrogen) atoms. The molecule has 0 aromatic rings. The topological polar surface area (TPSA) is 69.6 Å². The summed E-state index contributed by atoms with van der Waals surface area (Å²) in [7, 11) is 0. The van der Waals surface area contributed by atoms with Gasteiger partial charge in [0.1, 0.15) is 0 Å². The molecule has 2 aliphatic rings. The predicted molar refractivity (Wildman–Crippen MR) is 76.5 cm³/mol. The van der Waals surface area contributed by atoms with Gasteiger partial charge in [-0.1, -0.05) is 19.8 Å². The molecule has 0 spiro atoms. The molecule has 2 amide bonds. The molecule has 3 unspecified atom stereocenters. The van der Waals surface area contributed by atoms with Crippen molar-refractivity contribution < 1.29 is 14.7 Å². The second kappa shape index (κ2) is 6.95. The maximum absolute atomic E-state index is 12.1. The number of hydrogen-bond donors (Lipinski definition) is 2. The highest BCUT2D eigenvalue weighted by atomic mass is 16.4. The number of carboxylic acids is 1. The van der Waals surface area contributed by atoms with E-state index in [0.717, 1.165) is 45.2 Å². The summed E-state index contributed by atoms with van der Waals surface area (Å²) in [6.07, 6.45) is 5.98. The van der Waals surface area contributed by atoms with Crippen molar-refractivity contribution in [2.75, 3.05) is 19.6 Å². The van der Waals surface area contributed by atoms with Crippen LogP contribution >= 0.6 is 0 Å². The van der Waals surface area contributed by atoms with E-state index in [-0.39, 0.29) is 17.9 Å². The van der Waals surface area contributed by atoms with E-state index >= 15 is 0 Å². The third-order valence-electron chi connectivity index (χ3n) is 4.69. The second-order valence-electron chi connectivity index (χ2n) is 6.37. The number of carboxylic acid groups (broad SMARTS) is 1. The highest BCUT2D eigenvalue weighted by molar-refractivity contribution is 5.74. The summed E-state index contributed by atoms with van der Waals surface area (Å²) in [5, 5.41) is 12.2. The number of nitrogens with one attached hydrogen (secondary N) is 1.